The van der Waals surface area contributed by atoms with Crippen molar-refractivity contribution >= 4 is 16.8 Å². The fourth-order valence-corrected chi connectivity index (χ4v) is 3.23. The Bertz CT molecular complexity index is 639. The minimum atomic E-state index is -0.293. The summed E-state index contributed by atoms with van der Waals surface area (Å²) in [6.07, 6.45) is 1.16. The number of aromatic nitrogens is 1. The highest BCUT2D eigenvalue weighted by Crippen LogP contribution is 2.24. The summed E-state index contributed by atoms with van der Waals surface area (Å²) in [4.78, 5) is 17.5. The van der Waals surface area contributed by atoms with Crippen molar-refractivity contribution in [2.75, 3.05) is 13.1 Å². The van der Waals surface area contributed by atoms with E-state index in [-0.39, 0.29) is 11.7 Å². The lowest BCUT2D eigenvalue weighted by atomic mass is 9.92. The van der Waals surface area contributed by atoms with Crippen molar-refractivity contribution in [3.05, 3.63) is 35.8 Å². The predicted octanol–water partition coefficient (Wildman–Crippen LogP) is 3.43. The third-order valence-corrected chi connectivity index (χ3v) is 4.00. The number of rotatable bonds is 1. The first-order valence-electron chi connectivity index (χ1n) is 7.11. The van der Waals surface area contributed by atoms with Crippen molar-refractivity contribution < 1.29 is 9.18 Å². The second-order valence-corrected chi connectivity index (χ2v) is 6.04. The molecule has 0 saturated carbocycles. The van der Waals surface area contributed by atoms with Crippen LogP contribution < -0.4 is 0 Å². The largest absolute Gasteiger partial charge is 0.350 e. The third-order valence-electron chi connectivity index (χ3n) is 4.00. The Morgan fingerprint density at radius 1 is 1.30 bits per heavy atom. The number of H-pyrrole nitrogens is 1. The minimum absolute atomic E-state index is 0.0287. The van der Waals surface area contributed by atoms with Gasteiger partial charge in [0.25, 0.3) is 5.91 Å². The van der Waals surface area contributed by atoms with Crippen LogP contribution >= 0.6 is 0 Å². The van der Waals surface area contributed by atoms with Crippen LogP contribution in [0.1, 0.15) is 30.8 Å². The Morgan fingerprint density at radius 2 is 2.00 bits per heavy atom. The Hall–Kier alpha value is -1.84. The van der Waals surface area contributed by atoms with E-state index >= 15 is 0 Å². The quantitative estimate of drug-likeness (QED) is 0.849. The zero-order valence-electron chi connectivity index (χ0n) is 11.8. The van der Waals surface area contributed by atoms with Gasteiger partial charge in [0.05, 0.1) is 0 Å². The molecule has 2 atom stereocenters. The summed E-state index contributed by atoms with van der Waals surface area (Å²) in [6, 6.07) is 6.47. The summed E-state index contributed by atoms with van der Waals surface area (Å²) < 4.78 is 13.7. The van der Waals surface area contributed by atoms with E-state index in [1.54, 1.807) is 18.2 Å². The van der Waals surface area contributed by atoms with Gasteiger partial charge >= 0.3 is 0 Å². The zero-order valence-corrected chi connectivity index (χ0v) is 11.8. The molecule has 1 fully saturated rings. The summed E-state index contributed by atoms with van der Waals surface area (Å²) in [5, 5.41) is 0.481. The molecule has 0 aliphatic carbocycles. The minimum Gasteiger partial charge on any atom is -0.350 e. The summed E-state index contributed by atoms with van der Waals surface area (Å²) in [5.74, 6) is 0.713. The SMILES string of the molecule is CC1CC(C)CN(C(=O)c2cc3c(F)cccc3[nH]2)C1. The van der Waals surface area contributed by atoms with Crippen LogP contribution in [0.15, 0.2) is 24.3 Å². The van der Waals surface area contributed by atoms with Crippen molar-refractivity contribution in [1.82, 2.24) is 9.88 Å². The van der Waals surface area contributed by atoms with Crippen LogP contribution in [0.2, 0.25) is 0 Å². The number of piperidine rings is 1. The van der Waals surface area contributed by atoms with Crippen LogP contribution in [0.25, 0.3) is 10.9 Å². The fraction of sp³-hybridized carbons (Fsp3) is 0.438. The van der Waals surface area contributed by atoms with Crippen molar-refractivity contribution in [1.29, 1.82) is 0 Å². The third kappa shape index (κ3) is 2.30. The van der Waals surface area contributed by atoms with Gasteiger partial charge in [0.2, 0.25) is 0 Å². The molecule has 1 aromatic heterocycles. The van der Waals surface area contributed by atoms with E-state index in [0.717, 1.165) is 19.5 Å². The average Bonchev–Trinajstić information content (AvgIpc) is 2.82. The highest BCUT2D eigenvalue weighted by molar-refractivity contribution is 5.98. The predicted molar refractivity (Wildman–Crippen MR) is 77.1 cm³/mol. The highest BCUT2D eigenvalue weighted by Gasteiger charge is 2.27. The first-order chi connectivity index (χ1) is 9.54. The number of carbonyl (C=O) groups excluding carboxylic acids is 1. The number of aromatic amines is 1. The van der Waals surface area contributed by atoms with Gasteiger partial charge in [-0.3, -0.25) is 4.79 Å². The molecule has 20 heavy (non-hydrogen) atoms. The molecular weight excluding hydrogens is 255 g/mol. The lowest BCUT2D eigenvalue weighted by Gasteiger charge is -2.34. The van der Waals surface area contributed by atoms with Crippen molar-refractivity contribution in [2.45, 2.75) is 20.3 Å². The van der Waals surface area contributed by atoms with Crippen molar-refractivity contribution in [3.8, 4) is 0 Å². The molecule has 2 heterocycles. The number of carbonyl (C=O) groups is 1. The van der Waals surface area contributed by atoms with Gasteiger partial charge in [-0.2, -0.15) is 0 Å². The summed E-state index contributed by atoms with van der Waals surface area (Å²) in [5.41, 5.74) is 1.15. The molecule has 1 saturated heterocycles. The maximum absolute atomic E-state index is 13.7. The number of nitrogens with one attached hydrogen (secondary N) is 1. The molecule has 1 aliphatic heterocycles. The Labute approximate surface area is 117 Å². The molecule has 4 heteroatoms. The molecule has 106 valence electrons. The van der Waals surface area contributed by atoms with E-state index in [4.69, 9.17) is 0 Å². The second-order valence-electron chi connectivity index (χ2n) is 6.04. The van der Waals surface area contributed by atoms with Gasteiger partial charge in [-0.25, -0.2) is 4.39 Å². The fourth-order valence-electron chi connectivity index (χ4n) is 3.23. The second kappa shape index (κ2) is 4.93. The molecule has 3 nitrogen and oxygen atoms in total. The topological polar surface area (TPSA) is 36.1 Å². The summed E-state index contributed by atoms with van der Waals surface area (Å²) >= 11 is 0. The Balaban J connectivity index is 1.90. The van der Waals surface area contributed by atoms with E-state index in [2.05, 4.69) is 18.8 Å². The van der Waals surface area contributed by atoms with Crippen molar-refractivity contribution in [3.63, 3.8) is 0 Å². The number of fused-ring (bicyclic) bond motifs is 1. The standard InChI is InChI=1S/C16H19FN2O/c1-10-6-11(2)9-19(8-10)16(20)15-7-12-13(17)4-3-5-14(12)18-15/h3-5,7,10-11,18H,6,8-9H2,1-2H3. The smallest absolute Gasteiger partial charge is 0.270 e. The molecular formula is C16H19FN2O. The molecule has 0 bridgehead atoms. The van der Waals surface area contributed by atoms with E-state index in [1.807, 2.05) is 4.90 Å². The number of benzene rings is 1. The van der Waals surface area contributed by atoms with Crippen LogP contribution in [-0.4, -0.2) is 28.9 Å². The number of halogens is 1. The van der Waals surface area contributed by atoms with E-state index in [0.29, 0.717) is 28.4 Å². The maximum Gasteiger partial charge on any atom is 0.270 e. The van der Waals surface area contributed by atoms with Gasteiger partial charge in [-0.15, -0.1) is 0 Å². The molecule has 1 N–H and O–H groups in total. The number of hydrogen-bond donors (Lipinski definition) is 1. The Kier molecular flexibility index (Phi) is 3.24. The number of hydrogen-bond acceptors (Lipinski definition) is 1. The molecule has 2 aromatic rings. The molecule has 0 radical (unpaired) electrons. The average molecular weight is 274 g/mol. The molecule has 1 aromatic carbocycles. The molecule has 2 unspecified atom stereocenters. The lowest BCUT2D eigenvalue weighted by molar-refractivity contribution is 0.0618. The van der Waals surface area contributed by atoms with Gasteiger partial charge in [0, 0.05) is 24.0 Å². The van der Waals surface area contributed by atoms with Crippen LogP contribution in [0, 0.1) is 17.7 Å². The molecule has 0 spiro atoms. The number of amides is 1. The monoisotopic (exact) mass is 274 g/mol. The first kappa shape index (κ1) is 13.2. The van der Waals surface area contributed by atoms with Gasteiger partial charge in [0.1, 0.15) is 11.5 Å². The van der Waals surface area contributed by atoms with Gasteiger partial charge in [0.15, 0.2) is 0 Å². The molecule has 1 aliphatic rings. The summed E-state index contributed by atoms with van der Waals surface area (Å²) in [6.45, 7) is 5.89. The van der Waals surface area contributed by atoms with Crippen molar-refractivity contribution in [2.24, 2.45) is 11.8 Å². The van der Waals surface area contributed by atoms with Crippen LogP contribution in [0.3, 0.4) is 0 Å². The number of likely N-dealkylation sites (tertiary alicyclic amines) is 1. The highest BCUT2D eigenvalue weighted by atomic mass is 19.1. The van der Waals surface area contributed by atoms with Crippen LogP contribution in [0.5, 0.6) is 0 Å². The first-order valence-corrected chi connectivity index (χ1v) is 7.11. The maximum atomic E-state index is 13.7. The normalized spacial score (nSPS) is 23.2. The zero-order chi connectivity index (χ0) is 14.3. The van der Waals surface area contributed by atoms with Gasteiger partial charge in [-0.1, -0.05) is 19.9 Å². The molecule has 3 rings (SSSR count). The van der Waals surface area contributed by atoms with E-state index in [1.165, 1.54) is 6.07 Å². The van der Waals surface area contributed by atoms with Gasteiger partial charge < -0.3 is 9.88 Å². The van der Waals surface area contributed by atoms with Gasteiger partial charge in [-0.05, 0) is 36.5 Å². The Morgan fingerprint density at radius 3 is 2.65 bits per heavy atom. The van der Waals surface area contributed by atoms with Crippen LogP contribution in [0.4, 0.5) is 4.39 Å². The van der Waals surface area contributed by atoms with E-state index in [9.17, 15) is 9.18 Å². The van der Waals surface area contributed by atoms with E-state index < -0.39 is 0 Å². The molecule has 1 amide bonds. The summed E-state index contributed by atoms with van der Waals surface area (Å²) in [7, 11) is 0. The lowest BCUT2D eigenvalue weighted by Crippen LogP contribution is -2.42. The number of nitrogens with zero attached hydrogens (tertiary/aromatic N) is 1. The van der Waals surface area contributed by atoms with Crippen LogP contribution in [-0.2, 0) is 0 Å².